The first-order valence-corrected chi connectivity index (χ1v) is 10.7. The number of nitrogens with one attached hydrogen (secondary N) is 1. The molecule has 10 heteroatoms. The Bertz CT molecular complexity index is 1400. The van der Waals surface area contributed by atoms with Gasteiger partial charge in [0.2, 0.25) is 0 Å². The monoisotopic (exact) mass is 459 g/mol. The number of nitro benzene ring substituents is 1. The Kier molecular flexibility index (Phi) is 5.74. The molecule has 1 amide bonds. The number of nitrogens with zero attached hydrogens (tertiary/aromatic N) is 6. The Morgan fingerprint density at radius 2 is 1.68 bits per heavy atom. The SMILES string of the molecule is Cc1cccc(-n2nc(C(C)(C)C)cc2NC(=O)c2nnn(-c3cccc([N+](=O)[O-])c3)c2C)c1. The molecule has 0 unspecified atom stereocenters. The maximum absolute atomic E-state index is 13.2. The van der Waals surface area contributed by atoms with Gasteiger partial charge in [-0.15, -0.1) is 5.10 Å². The average Bonchev–Trinajstić information content (AvgIpc) is 3.37. The maximum atomic E-state index is 13.2. The van der Waals surface area contributed by atoms with Crippen LogP contribution < -0.4 is 5.32 Å². The van der Waals surface area contributed by atoms with Crippen LogP contribution in [0.5, 0.6) is 0 Å². The smallest absolute Gasteiger partial charge is 0.279 e. The molecule has 0 atom stereocenters. The molecule has 2 heterocycles. The fourth-order valence-electron chi connectivity index (χ4n) is 3.49. The Morgan fingerprint density at radius 1 is 1.00 bits per heavy atom. The second-order valence-electron chi connectivity index (χ2n) is 9.08. The zero-order valence-electron chi connectivity index (χ0n) is 19.6. The van der Waals surface area contributed by atoms with E-state index in [0.29, 0.717) is 17.2 Å². The van der Waals surface area contributed by atoms with Gasteiger partial charge in [-0.1, -0.05) is 44.2 Å². The summed E-state index contributed by atoms with van der Waals surface area (Å²) in [5.41, 5.74) is 3.42. The van der Waals surface area contributed by atoms with Crippen LogP contribution in [0.15, 0.2) is 54.6 Å². The van der Waals surface area contributed by atoms with Crippen LogP contribution in [0.3, 0.4) is 0 Å². The quantitative estimate of drug-likeness (QED) is 0.346. The number of benzene rings is 2. The van der Waals surface area contributed by atoms with Crippen LogP contribution in [0, 0.1) is 24.0 Å². The second-order valence-corrected chi connectivity index (χ2v) is 9.08. The minimum atomic E-state index is -0.483. The molecule has 4 aromatic rings. The molecule has 0 saturated carbocycles. The Morgan fingerprint density at radius 3 is 2.32 bits per heavy atom. The van der Waals surface area contributed by atoms with Crippen molar-refractivity contribution in [2.75, 3.05) is 5.32 Å². The van der Waals surface area contributed by atoms with Crippen LogP contribution >= 0.6 is 0 Å². The first kappa shape index (κ1) is 22.8. The van der Waals surface area contributed by atoms with Crippen molar-refractivity contribution in [3.05, 3.63) is 87.4 Å². The molecule has 0 aliphatic carbocycles. The highest BCUT2D eigenvalue weighted by atomic mass is 16.6. The molecule has 0 aliphatic rings. The molecule has 4 rings (SSSR count). The molecule has 0 radical (unpaired) electrons. The van der Waals surface area contributed by atoms with Gasteiger partial charge in [0.15, 0.2) is 5.69 Å². The molecule has 1 N–H and O–H groups in total. The number of carbonyl (C=O) groups is 1. The number of carbonyl (C=O) groups excluding carboxylic acids is 1. The summed E-state index contributed by atoms with van der Waals surface area (Å²) in [6.07, 6.45) is 0. The van der Waals surface area contributed by atoms with Crippen LogP contribution in [0.25, 0.3) is 11.4 Å². The van der Waals surface area contributed by atoms with Gasteiger partial charge in [-0.2, -0.15) is 5.10 Å². The van der Waals surface area contributed by atoms with Crippen LogP contribution in [-0.2, 0) is 5.41 Å². The second kappa shape index (κ2) is 8.54. The average molecular weight is 460 g/mol. The minimum absolute atomic E-state index is 0.0739. The summed E-state index contributed by atoms with van der Waals surface area (Å²) in [4.78, 5) is 23.8. The molecule has 0 bridgehead atoms. The first-order valence-electron chi connectivity index (χ1n) is 10.7. The number of amides is 1. The highest BCUT2D eigenvalue weighted by Crippen LogP contribution is 2.27. The third-order valence-corrected chi connectivity index (χ3v) is 5.36. The zero-order chi connectivity index (χ0) is 24.6. The van der Waals surface area contributed by atoms with E-state index in [2.05, 4.69) is 36.4 Å². The Balaban J connectivity index is 1.69. The summed E-state index contributed by atoms with van der Waals surface area (Å²) in [7, 11) is 0. The largest absolute Gasteiger partial charge is 0.305 e. The summed E-state index contributed by atoms with van der Waals surface area (Å²) < 4.78 is 3.10. The standard InChI is InChI=1S/C24H25N7O3/c1-15-8-6-9-17(12-15)30-21(14-20(27-30)24(3,4)5)25-23(32)22-16(2)29(28-26-22)18-10-7-11-19(13-18)31(33)34/h6-14H,1-5H3,(H,25,32). The summed E-state index contributed by atoms with van der Waals surface area (Å²) in [5, 5.41) is 26.8. The van der Waals surface area contributed by atoms with Gasteiger partial charge >= 0.3 is 0 Å². The molecular weight excluding hydrogens is 434 g/mol. The van der Waals surface area contributed by atoms with Crippen molar-refractivity contribution in [3.8, 4) is 11.4 Å². The fraction of sp³-hybridized carbons (Fsp3) is 0.250. The predicted molar refractivity (Wildman–Crippen MR) is 128 cm³/mol. The van der Waals surface area contributed by atoms with Crippen molar-refractivity contribution >= 4 is 17.4 Å². The van der Waals surface area contributed by atoms with Crippen molar-refractivity contribution in [3.63, 3.8) is 0 Å². The van der Waals surface area contributed by atoms with Crippen molar-refractivity contribution in [1.29, 1.82) is 0 Å². The van der Waals surface area contributed by atoms with Crippen LogP contribution in [-0.4, -0.2) is 35.6 Å². The van der Waals surface area contributed by atoms with Gasteiger partial charge < -0.3 is 5.32 Å². The van der Waals surface area contributed by atoms with E-state index in [-0.39, 0.29) is 16.8 Å². The third-order valence-electron chi connectivity index (χ3n) is 5.36. The highest BCUT2D eigenvalue weighted by Gasteiger charge is 2.24. The summed E-state index contributed by atoms with van der Waals surface area (Å²) >= 11 is 0. The number of aryl methyl sites for hydroxylation is 1. The van der Waals surface area contributed by atoms with E-state index >= 15 is 0 Å². The van der Waals surface area contributed by atoms with E-state index < -0.39 is 10.8 Å². The van der Waals surface area contributed by atoms with E-state index in [1.807, 2.05) is 37.3 Å². The van der Waals surface area contributed by atoms with Gasteiger partial charge in [0, 0.05) is 23.6 Å². The molecular formula is C24H25N7O3. The number of aromatic nitrogens is 5. The number of hydrogen-bond acceptors (Lipinski definition) is 6. The van der Waals surface area contributed by atoms with E-state index in [9.17, 15) is 14.9 Å². The summed E-state index contributed by atoms with van der Waals surface area (Å²) in [6.45, 7) is 9.83. The molecule has 34 heavy (non-hydrogen) atoms. The molecule has 174 valence electrons. The van der Waals surface area contributed by atoms with E-state index in [1.165, 1.54) is 16.8 Å². The van der Waals surface area contributed by atoms with Crippen LogP contribution in [0.1, 0.15) is 48.2 Å². The molecule has 2 aromatic heterocycles. The van der Waals surface area contributed by atoms with Gasteiger partial charge in [-0.3, -0.25) is 14.9 Å². The summed E-state index contributed by atoms with van der Waals surface area (Å²) in [6, 6.07) is 15.7. The lowest BCUT2D eigenvalue weighted by molar-refractivity contribution is -0.384. The van der Waals surface area contributed by atoms with Gasteiger partial charge in [-0.05, 0) is 37.6 Å². The van der Waals surface area contributed by atoms with Gasteiger partial charge in [0.25, 0.3) is 11.6 Å². The third kappa shape index (κ3) is 4.42. The Labute approximate surface area is 196 Å². The van der Waals surface area contributed by atoms with E-state index in [1.54, 1.807) is 23.7 Å². The van der Waals surface area contributed by atoms with Gasteiger partial charge in [0.05, 0.1) is 27.7 Å². The highest BCUT2D eigenvalue weighted by molar-refractivity contribution is 6.03. The number of hydrogen-bond donors (Lipinski definition) is 1. The van der Waals surface area contributed by atoms with Crippen molar-refractivity contribution in [2.45, 2.75) is 40.0 Å². The zero-order valence-corrected chi connectivity index (χ0v) is 19.6. The topological polar surface area (TPSA) is 121 Å². The number of non-ortho nitro benzene ring substituents is 1. The van der Waals surface area contributed by atoms with Crippen molar-refractivity contribution in [1.82, 2.24) is 24.8 Å². The molecule has 10 nitrogen and oxygen atoms in total. The lowest BCUT2D eigenvalue weighted by Crippen LogP contribution is -2.17. The number of nitro groups is 1. The number of anilines is 1. The van der Waals surface area contributed by atoms with Crippen molar-refractivity contribution in [2.24, 2.45) is 0 Å². The molecule has 0 fully saturated rings. The first-order chi connectivity index (χ1) is 16.0. The fourth-order valence-corrected chi connectivity index (χ4v) is 3.49. The summed E-state index contributed by atoms with van der Waals surface area (Å²) in [5.74, 6) is 0.0493. The van der Waals surface area contributed by atoms with Crippen molar-refractivity contribution < 1.29 is 9.72 Å². The molecule has 0 saturated heterocycles. The predicted octanol–water partition coefficient (Wildman–Crippen LogP) is 4.53. The number of rotatable bonds is 5. The van der Waals surface area contributed by atoms with E-state index in [4.69, 9.17) is 5.10 Å². The van der Waals surface area contributed by atoms with Gasteiger partial charge in [0.1, 0.15) is 5.82 Å². The minimum Gasteiger partial charge on any atom is -0.305 e. The normalized spacial score (nSPS) is 11.4. The maximum Gasteiger partial charge on any atom is 0.279 e. The Hall–Kier alpha value is -4.34. The van der Waals surface area contributed by atoms with Crippen LogP contribution in [0.4, 0.5) is 11.5 Å². The molecule has 0 aliphatic heterocycles. The van der Waals surface area contributed by atoms with E-state index in [0.717, 1.165) is 16.9 Å². The van der Waals surface area contributed by atoms with Crippen LogP contribution in [0.2, 0.25) is 0 Å². The lowest BCUT2D eigenvalue weighted by atomic mass is 9.92. The van der Waals surface area contributed by atoms with Gasteiger partial charge in [-0.25, -0.2) is 9.36 Å². The molecule has 0 spiro atoms. The lowest BCUT2D eigenvalue weighted by Gasteiger charge is -2.14. The molecule has 2 aromatic carbocycles.